The summed E-state index contributed by atoms with van der Waals surface area (Å²) in [5.74, 6) is 5.46. The topological polar surface area (TPSA) is 32.5 Å². The molecule has 0 bridgehead atoms. The predicted molar refractivity (Wildman–Crippen MR) is 99.5 cm³/mol. The number of nitrogens with zero attached hydrogens (tertiary/aromatic N) is 2. The van der Waals surface area contributed by atoms with Gasteiger partial charge in [0.15, 0.2) is 0 Å². The average molecular weight is 355 g/mol. The van der Waals surface area contributed by atoms with Crippen molar-refractivity contribution in [3.05, 3.63) is 71.3 Å². The Balaban J connectivity index is 1.78. The molecular weight excluding hydrogens is 332 g/mol. The third kappa shape index (κ3) is 4.67. The molecule has 1 aliphatic rings. The van der Waals surface area contributed by atoms with E-state index < -0.39 is 0 Å². The Morgan fingerprint density at radius 2 is 1.31 bits per heavy atom. The second-order valence-electron chi connectivity index (χ2n) is 6.38. The van der Waals surface area contributed by atoms with Crippen LogP contribution in [-0.4, -0.2) is 49.1 Å². The second-order valence-corrected chi connectivity index (χ2v) is 6.38. The average Bonchev–Trinajstić information content (AvgIpc) is 2.66. The fraction of sp³-hybridized carbons (Fsp3) is 0.333. The fourth-order valence-corrected chi connectivity index (χ4v) is 3.32. The molecule has 136 valence electrons. The van der Waals surface area contributed by atoms with Crippen molar-refractivity contribution in [3.8, 4) is 11.8 Å². The molecule has 3 nitrogen and oxygen atoms in total. The molecule has 26 heavy (non-hydrogen) atoms. The maximum Gasteiger partial charge on any atom is 0.123 e. The highest BCUT2D eigenvalue weighted by Gasteiger charge is 2.26. The van der Waals surface area contributed by atoms with Crippen LogP contribution < -0.4 is 5.73 Å². The van der Waals surface area contributed by atoms with Gasteiger partial charge in [-0.15, -0.1) is 0 Å². The standard InChI is InChI=1S/C21H23F2N3/c22-19-7-3-17(4-8-19)21(18-5-9-20(23)10-6-18)26-15-13-25(14-16-26)12-2-1-11-24/h3-10,21H,11-16,24H2. The summed E-state index contributed by atoms with van der Waals surface area (Å²) in [6, 6.07) is 13.1. The molecule has 0 atom stereocenters. The Morgan fingerprint density at radius 1 is 0.808 bits per heavy atom. The quantitative estimate of drug-likeness (QED) is 0.856. The van der Waals surface area contributed by atoms with Crippen molar-refractivity contribution in [1.29, 1.82) is 0 Å². The molecule has 1 aliphatic heterocycles. The molecule has 1 saturated heterocycles. The second kappa shape index (κ2) is 8.91. The van der Waals surface area contributed by atoms with Gasteiger partial charge in [0.1, 0.15) is 11.6 Å². The molecule has 0 radical (unpaired) electrons. The number of halogens is 2. The van der Waals surface area contributed by atoms with Gasteiger partial charge in [-0.2, -0.15) is 0 Å². The minimum Gasteiger partial charge on any atom is -0.320 e. The zero-order valence-electron chi connectivity index (χ0n) is 14.7. The van der Waals surface area contributed by atoms with E-state index in [0.29, 0.717) is 6.54 Å². The first-order valence-corrected chi connectivity index (χ1v) is 8.80. The highest BCUT2D eigenvalue weighted by Crippen LogP contribution is 2.30. The Bertz CT molecular complexity index is 709. The zero-order chi connectivity index (χ0) is 18.4. The maximum atomic E-state index is 13.4. The lowest BCUT2D eigenvalue weighted by atomic mass is 9.96. The van der Waals surface area contributed by atoms with Gasteiger partial charge in [0.2, 0.25) is 0 Å². The van der Waals surface area contributed by atoms with Crippen LogP contribution in [0, 0.1) is 23.5 Å². The van der Waals surface area contributed by atoms with Crippen molar-refractivity contribution in [3.63, 3.8) is 0 Å². The molecule has 1 fully saturated rings. The summed E-state index contributed by atoms with van der Waals surface area (Å²) in [5.41, 5.74) is 7.42. The molecule has 0 amide bonds. The normalized spacial score (nSPS) is 15.7. The molecule has 0 aromatic heterocycles. The summed E-state index contributed by atoms with van der Waals surface area (Å²) < 4.78 is 26.7. The fourth-order valence-electron chi connectivity index (χ4n) is 3.32. The minimum atomic E-state index is -0.255. The monoisotopic (exact) mass is 355 g/mol. The van der Waals surface area contributed by atoms with E-state index in [1.807, 2.05) is 24.3 Å². The van der Waals surface area contributed by atoms with Gasteiger partial charge in [0.05, 0.1) is 19.1 Å². The SMILES string of the molecule is NCC#CCN1CCN(C(c2ccc(F)cc2)c2ccc(F)cc2)CC1. The van der Waals surface area contributed by atoms with Gasteiger partial charge in [-0.1, -0.05) is 36.1 Å². The summed E-state index contributed by atoms with van der Waals surface area (Å²) in [6.45, 7) is 4.64. The van der Waals surface area contributed by atoms with E-state index >= 15 is 0 Å². The lowest BCUT2D eigenvalue weighted by molar-refractivity contribution is 0.119. The van der Waals surface area contributed by atoms with E-state index in [9.17, 15) is 8.78 Å². The van der Waals surface area contributed by atoms with Gasteiger partial charge in [0, 0.05) is 26.2 Å². The molecule has 0 aliphatic carbocycles. The van der Waals surface area contributed by atoms with Crippen molar-refractivity contribution in [2.24, 2.45) is 5.73 Å². The third-order valence-electron chi connectivity index (χ3n) is 4.67. The lowest BCUT2D eigenvalue weighted by Crippen LogP contribution is -2.47. The van der Waals surface area contributed by atoms with Crippen LogP contribution in [0.25, 0.3) is 0 Å². The largest absolute Gasteiger partial charge is 0.320 e. The van der Waals surface area contributed by atoms with E-state index in [1.54, 1.807) is 0 Å². The molecule has 0 saturated carbocycles. The van der Waals surface area contributed by atoms with Crippen molar-refractivity contribution in [1.82, 2.24) is 9.80 Å². The molecule has 3 rings (SSSR count). The van der Waals surface area contributed by atoms with E-state index in [0.717, 1.165) is 43.9 Å². The van der Waals surface area contributed by atoms with Crippen LogP contribution in [0.3, 0.4) is 0 Å². The van der Waals surface area contributed by atoms with Crippen LogP contribution >= 0.6 is 0 Å². The number of hydrogen-bond acceptors (Lipinski definition) is 3. The number of rotatable bonds is 4. The highest BCUT2D eigenvalue weighted by molar-refractivity contribution is 5.32. The number of piperazine rings is 1. The van der Waals surface area contributed by atoms with Crippen LogP contribution in [-0.2, 0) is 0 Å². The summed E-state index contributed by atoms with van der Waals surface area (Å²) in [5, 5.41) is 0. The van der Waals surface area contributed by atoms with E-state index in [2.05, 4.69) is 21.6 Å². The van der Waals surface area contributed by atoms with Crippen LogP contribution in [0.5, 0.6) is 0 Å². The van der Waals surface area contributed by atoms with Crippen LogP contribution in [0.15, 0.2) is 48.5 Å². The summed E-state index contributed by atoms with van der Waals surface area (Å²) >= 11 is 0. The first-order valence-electron chi connectivity index (χ1n) is 8.80. The minimum absolute atomic E-state index is 0.0199. The molecule has 2 N–H and O–H groups in total. The van der Waals surface area contributed by atoms with E-state index in [1.165, 1.54) is 24.3 Å². The number of hydrogen-bond donors (Lipinski definition) is 1. The Hall–Kier alpha value is -2.26. The maximum absolute atomic E-state index is 13.4. The number of nitrogens with two attached hydrogens (primary N) is 1. The van der Waals surface area contributed by atoms with Gasteiger partial charge in [0.25, 0.3) is 0 Å². The van der Waals surface area contributed by atoms with Crippen molar-refractivity contribution < 1.29 is 8.78 Å². The van der Waals surface area contributed by atoms with Gasteiger partial charge in [-0.25, -0.2) is 8.78 Å². The first kappa shape index (κ1) is 18.5. The van der Waals surface area contributed by atoms with Crippen LogP contribution in [0.4, 0.5) is 8.78 Å². The molecule has 0 spiro atoms. The Kier molecular flexibility index (Phi) is 6.35. The molecule has 2 aromatic rings. The first-order chi connectivity index (χ1) is 12.7. The van der Waals surface area contributed by atoms with E-state index in [-0.39, 0.29) is 17.7 Å². The van der Waals surface area contributed by atoms with Crippen molar-refractivity contribution in [2.75, 3.05) is 39.3 Å². The molecule has 0 unspecified atom stereocenters. The van der Waals surface area contributed by atoms with Gasteiger partial charge < -0.3 is 5.73 Å². The van der Waals surface area contributed by atoms with Crippen LogP contribution in [0.2, 0.25) is 0 Å². The zero-order valence-corrected chi connectivity index (χ0v) is 14.7. The Labute approximate surface area is 153 Å². The summed E-state index contributed by atoms with van der Waals surface area (Å²) in [4.78, 5) is 4.65. The molecular formula is C21H23F2N3. The van der Waals surface area contributed by atoms with Gasteiger partial charge in [-0.3, -0.25) is 9.80 Å². The van der Waals surface area contributed by atoms with Gasteiger partial charge >= 0.3 is 0 Å². The smallest absolute Gasteiger partial charge is 0.123 e. The van der Waals surface area contributed by atoms with Crippen molar-refractivity contribution in [2.45, 2.75) is 6.04 Å². The van der Waals surface area contributed by atoms with Gasteiger partial charge in [-0.05, 0) is 35.4 Å². The summed E-state index contributed by atoms with van der Waals surface area (Å²) in [7, 11) is 0. The number of benzene rings is 2. The third-order valence-corrected chi connectivity index (χ3v) is 4.67. The highest BCUT2D eigenvalue weighted by atomic mass is 19.1. The van der Waals surface area contributed by atoms with Crippen molar-refractivity contribution >= 4 is 0 Å². The predicted octanol–water partition coefficient (Wildman–Crippen LogP) is 2.63. The Morgan fingerprint density at radius 3 is 1.77 bits per heavy atom. The molecule has 5 heteroatoms. The van der Waals surface area contributed by atoms with Crippen LogP contribution in [0.1, 0.15) is 17.2 Å². The molecule has 2 aromatic carbocycles. The lowest BCUT2D eigenvalue weighted by Gasteiger charge is -2.39. The summed E-state index contributed by atoms with van der Waals surface area (Å²) in [6.07, 6.45) is 0. The van der Waals surface area contributed by atoms with E-state index in [4.69, 9.17) is 5.73 Å². The molecule has 1 heterocycles.